The number of amides is 1. The average Bonchev–Trinajstić information content (AvgIpc) is 3.28. The number of halogens is 1. The van der Waals surface area contributed by atoms with Crippen molar-refractivity contribution in [3.63, 3.8) is 0 Å². The van der Waals surface area contributed by atoms with Gasteiger partial charge in [-0.25, -0.2) is 0 Å². The zero-order valence-corrected chi connectivity index (χ0v) is 20.0. The number of carbonyl (C=O) groups excluding carboxylic acids is 1. The Bertz CT molecular complexity index is 939. The third-order valence-corrected chi connectivity index (χ3v) is 7.05. The standard InChI is InChI=1S/C26H34ClN3O2/c1-17(2)24(28)22-16-18(3)4-9-23(22)29-11-13-30(14-12-29)26(31)21-10-15-32-25(21)19-5-7-20(27)8-6-19/h4-9,16-17,21,24-25H,10-15,28H2,1-3H3/t21-,24+,25-/m1/s1. The summed E-state index contributed by atoms with van der Waals surface area (Å²) in [5, 5.41) is 0.693. The predicted molar refractivity (Wildman–Crippen MR) is 130 cm³/mol. The van der Waals surface area contributed by atoms with Crippen molar-refractivity contribution < 1.29 is 9.53 Å². The molecule has 2 saturated heterocycles. The fraction of sp³-hybridized carbons (Fsp3) is 0.500. The highest BCUT2D eigenvalue weighted by Gasteiger charge is 2.38. The summed E-state index contributed by atoms with van der Waals surface area (Å²) in [5.74, 6) is 0.433. The van der Waals surface area contributed by atoms with E-state index in [2.05, 4.69) is 43.9 Å². The van der Waals surface area contributed by atoms with E-state index in [1.807, 2.05) is 29.2 Å². The van der Waals surface area contributed by atoms with Gasteiger partial charge in [-0.05, 0) is 48.6 Å². The quantitative estimate of drug-likeness (QED) is 0.708. The van der Waals surface area contributed by atoms with Gasteiger partial charge in [0.25, 0.3) is 0 Å². The molecule has 1 amide bonds. The lowest BCUT2D eigenvalue weighted by atomic mass is 9.93. The highest BCUT2D eigenvalue weighted by molar-refractivity contribution is 6.30. The zero-order chi connectivity index (χ0) is 22.8. The first-order chi connectivity index (χ1) is 15.3. The second kappa shape index (κ2) is 9.82. The SMILES string of the molecule is Cc1ccc(N2CCN(C(=O)[C@@H]3CCO[C@@H]3c3ccc(Cl)cc3)CC2)c([C@@H](N)C(C)C)c1. The van der Waals surface area contributed by atoms with Gasteiger partial charge in [0.2, 0.25) is 5.91 Å². The molecule has 32 heavy (non-hydrogen) atoms. The second-order valence-electron chi connectivity index (χ2n) is 9.38. The molecule has 5 nitrogen and oxygen atoms in total. The maximum Gasteiger partial charge on any atom is 0.228 e. The summed E-state index contributed by atoms with van der Waals surface area (Å²) in [7, 11) is 0. The monoisotopic (exact) mass is 455 g/mol. The third kappa shape index (κ3) is 4.80. The molecule has 0 saturated carbocycles. The normalized spacial score (nSPS) is 22.4. The molecule has 4 rings (SSSR count). The van der Waals surface area contributed by atoms with Crippen molar-refractivity contribution in [2.75, 3.05) is 37.7 Å². The van der Waals surface area contributed by atoms with Gasteiger partial charge in [0.05, 0.1) is 12.0 Å². The van der Waals surface area contributed by atoms with E-state index < -0.39 is 0 Å². The van der Waals surface area contributed by atoms with Crippen molar-refractivity contribution >= 4 is 23.2 Å². The summed E-state index contributed by atoms with van der Waals surface area (Å²) < 4.78 is 5.95. The second-order valence-corrected chi connectivity index (χ2v) is 9.82. The van der Waals surface area contributed by atoms with Gasteiger partial charge in [-0.2, -0.15) is 0 Å². The Balaban J connectivity index is 1.44. The van der Waals surface area contributed by atoms with E-state index in [4.69, 9.17) is 22.1 Å². The number of piperazine rings is 1. The largest absolute Gasteiger partial charge is 0.373 e. The maximum atomic E-state index is 13.4. The number of ether oxygens (including phenoxy) is 1. The first kappa shape index (κ1) is 23.1. The van der Waals surface area contributed by atoms with Gasteiger partial charge < -0.3 is 20.3 Å². The predicted octanol–water partition coefficient (Wildman–Crippen LogP) is 4.73. The zero-order valence-electron chi connectivity index (χ0n) is 19.3. The van der Waals surface area contributed by atoms with Crippen LogP contribution in [0.4, 0.5) is 5.69 Å². The van der Waals surface area contributed by atoms with Crippen LogP contribution < -0.4 is 10.6 Å². The molecular formula is C26H34ClN3O2. The smallest absolute Gasteiger partial charge is 0.228 e. The number of rotatable bonds is 5. The minimum atomic E-state index is -0.189. The Morgan fingerprint density at radius 1 is 1.09 bits per heavy atom. The van der Waals surface area contributed by atoms with Crippen LogP contribution in [0.2, 0.25) is 5.02 Å². The summed E-state index contributed by atoms with van der Waals surface area (Å²) in [6.07, 6.45) is 0.572. The van der Waals surface area contributed by atoms with Crippen molar-refractivity contribution in [1.29, 1.82) is 0 Å². The number of aryl methyl sites for hydroxylation is 1. The fourth-order valence-electron chi connectivity index (χ4n) is 4.81. The molecule has 0 radical (unpaired) electrons. The number of carbonyl (C=O) groups is 1. The van der Waals surface area contributed by atoms with Crippen molar-refractivity contribution in [2.45, 2.75) is 39.3 Å². The maximum absolute atomic E-state index is 13.4. The van der Waals surface area contributed by atoms with E-state index >= 15 is 0 Å². The minimum absolute atomic E-state index is 0.000308. The molecule has 2 N–H and O–H groups in total. The van der Waals surface area contributed by atoms with Crippen molar-refractivity contribution in [3.8, 4) is 0 Å². The van der Waals surface area contributed by atoms with Crippen molar-refractivity contribution in [1.82, 2.24) is 4.90 Å². The lowest BCUT2D eigenvalue weighted by Crippen LogP contribution is -2.51. The van der Waals surface area contributed by atoms with Gasteiger partial charge in [-0.15, -0.1) is 0 Å². The van der Waals surface area contributed by atoms with E-state index in [-0.39, 0.29) is 24.0 Å². The molecular weight excluding hydrogens is 422 g/mol. The highest BCUT2D eigenvalue weighted by atomic mass is 35.5. The Labute approximate surface area is 196 Å². The summed E-state index contributed by atoms with van der Waals surface area (Å²) in [6, 6.07) is 14.2. The minimum Gasteiger partial charge on any atom is -0.373 e. The molecule has 2 aromatic rings. The van der Waals surface area contributed by atoms with Gasteiger partial charge in [0, 0.05) is 49.5 Å². The first-order valence-electron chi connectivity index (χ1n) is 11.6. The van der Waals surface area contributed by atoms with Gasteiger partial charge in [0.15, 0.2) is 0 Å². The molecule has 2 aromatic carbocycles. The Kier molecular flexibility index (Phi) is 7.08. The molecule has 2 heterocycles. The van der Waals surface area contributed by atoms with Crippen LogP contribution in [0.15, 0.2) is 42.5 Å². The van der Waals surface area contributed by atoms with E-state index in [1.54, 1.807) is 0 Å². The highest BCUT2D eigenvalue weighted by Crippen LogP contribution is 2.37. The molecule has 172 valence electrons. The van der Waals surface area contributed by atoms with Crippen LogP contribution >= 0.6 is 11.6 Å². The summed E-state index contributed by atoms with van der Waals surface area (Å²) in [6.45, 7) is 10.1. The van der Waals surface area contributed by atoms with Crippen LogP contribution in [0.25, 0.3) is 0 Å². The number of hydrogen-bond acceptors (Lipinski definition) is 4. The van der Waals surface area contributed by atoms with Crippen LogP contribution in [0.3, 0.4) is 0 Å². The molecule has 6 heteroatoms. The molecule has 3 atom stereocenters. The summed E-state index contributed by atoms with van der Waals surface area (Å²) in [5.41, 5.74) is 11.2. The van der Waals surface area contributed by atoms with Crippen molar-refractivity contribution in [3.05, 3.63) is 64.2 Å². The number of anilines is 1. The van der Waals surface area contributed by atoms with Gasteiger partial charge >= 0.3 is 0 Å². The fourth-order valence-corrected chi connectivity index (χ4v) is 4.94. The van der Waals surface area contributed by atoms with E-state index in [9.17, 15) is 4.79 Å². The molecule has 2 aliphatic rings. The molecule has 0 bridgehead atoms. The van der Waals surface area contributed by atoms with E-state index in [0.29, 0.717) is 30.6 Å². The Morgan fingerprint density at radius 3 is 2.44 bits per heavy atom. The molecule has 2 fully saturated rings. The van der Waals surface area contributed by atoms with E-state index in [0.717, 1.165) is 25.1 Å². The summed E-state index contributed by atoms with van der Waals surface area (Å²) in [4.78, 5) is 17.8. The number of nitrogens with two attached hydrogens (primary N) is 1. The topological polar surface area (TPSA) is 58.8 Å². The molecule has 0 aliphatic carbocycles. The van der Waals surface area contributed by atoms with Crippen LogP contribution in [0.1, 0.15) is 49.1 Å². The Morgan fingerprint density at radius 2 is 1.78 bits per heavy atom. The van der Waals surface area contributed by atoms with Crippen molar-refractivity contribution in [2.24, 2.45) is 17.6 Å². The van der Waals surface area contributed by atoms with Crippen LogP contribution in [-0.4, -0.2) is 43.6 Å². The molecule has 0 unspecified atom stereocenters. The van der Waals surface area contributed by atoms with E-state index in [1.165, 1.54) is 16.8 Å². The summed E-state index contributed by atoms with van der Waals surface area (Å²) >= 11 is 6.03. The molecule has 2 aliphatic heterocycles. The molecule has 0 spiro atoms. The van der Waals surface area contributed by atoms with Gasteiger partial charge in [-0.3, -0.25) is 4.79 Å². The number of benzene rings is 2. The van der Waals surface area contributed by atoms with Gasteiger partial charge in [0.1, 0.15) is 0 Å². The third-order valence-electron chi connectivity index (χ3n) is 6.80. The molecule has 0 aromatic heterocycles. The number of hydrogen-bond donors (Lipinski definition) is 1. The Hall–Kier alpha value is -2.08. The van der Waals surface area contributed by atoms with Crippen LogP contribution in [-0.2, 0) is 9.53 Å². The van der Waals surface area contributed by atoms with Crippen LogP contribution in [0, 0.1) is 18.8 Å². The lowest BCUT2D eigenvalue weighted by molar-refractivity contribution is -0.137. The average molecular weight is 456 g/mol. The van der Waals surface area contributed by atoms with Crippen LogP contribution in [0.5, 0.6) is 0 Å². The van der Waals surface area contributed by atoms with Gasteiger partial charge in [-0.1, -0.05) is 55.3 Å². The number of nitrogens with zero attached hydrogens (tertiary/aromatic N) is 2. The lowest BCUT2D eigenvalue weighted by Gasteiger charge is -2.39. The first-order valence-corrected chi connectivity index (χ1v) is 12.0.